The normalized spacial score (nSPS) is 12.6. The number of fused-ring (bicyclic) bond motifs is 1. The fourth-order valence-electron chi connectivity index (χ4n) is 3.31. The van der Waals surface area contributed by atoms with Gasteiger partial charge in [0.05, 0.1) is 11.1 Å². The summed E-state index contributed by atoms with van der Waals surface area (Å²) in [6, 6.07) is 11.9. The number of imide groups is 1. The van der Waals surface area contributed by atoms with E-state index in [0.717, 1.165) is 5.56 Å². The van der Waals surface area contributed by atoms with E-state index >= 15 is 0 Å². The molecule has 1 heterocycles. The maximum atomic E-state index is 12.3. The summed E-state index contributed by atoms with van der Waals surface area (Å²) < 4.78 is 5.00. The van der Waals surface area contributed by atoms with E-state index in [0.29, 0.717) is 47.6 Å². The summed E-state index contributed by atoms with van der Waals surface area (Å²) in [6.45, 7) is 1.72. The van der Waals surface area contributed by atoms with Crippen LogP contribution in [0, 0.1) is 6.92 Å². The van der Waals surface area contributed by atoms with Crippen LogP contribution in [0.15, 0.2) is 42.5 Å². The van der Waals surface area contributed by atoms with Crippen molar-refractivity contribution in [2.24, 2.45) is 0 Å². The summed E-state index contributed by atoms with van der Waals surface area (Å²) in [6.07, 6.45) is 1.94. The lowest BCUT2D eigenvalue weighted by Crippen LogP contribution is -2.30. The van der Waals surface area contributed by atoms with Crippen LogP contribution in [0.3, 0.4) is 0 Å². The Labute approximate surface area is 185 Å². The zero-order valence-corrected chi connectivity index (χ0v) is 17.9. The predicted molar refractivity (Wildman–Crippen MR) is 116 cm³/mol. The number of halogens is 1. The van der Waals surface area contributed by atoms with Gasteiger partial charge in [0.1, 0.15) is 0 Å². The monoisotopic (exact) mass is 442 g/mol. The van der Waals surface area contributed by atoms with Crippen LogP contribution in [0.2, 0.25) is 5.02 Å². The lowest BCUT2D eigenvalue weighted by molar-refractivity contribution is -0.147. The molecule has 162 valence electrons. The molecule has 1 aliphatic heterocycles. The molecule has 0 saturated carbocycles. The Bertz CT molecular complexity index is 986. The Hall–Kier alpha value is -3.19. The van der Waals surface area contributed by atoms with Crippen LogP contribution in [0.4, 0.5) is 5.69 Å². The zero-order valence-electron chi connectivity index (χ0n) is 17.2. The number of rotatable bonds is 9. The molecule has 7 nitrogen and oxygen atoms in total. The summed E-state index contributed by atoms with van der Waals surface area (Å²) in [7, 11) is 0. The third kappa shape index (κ3) is 5.49. The molecule has 0 atom stereocenters. The van der Waals surface area contributed by atoms with E-state index in [9.17, 15) is 19.2 Å². The largest absolute Gasteiger partial charge is 0.456 e. The minimum atomic E-state index is -0.473. The lowest BCUT2D eigenvalue weighted by Gasteiger charge is -2.13. The van der Waals surface area contributed by atoms with Gasteiger partial charge in [-0.15, -0.1) is 0 Å². The lowest BCUT2D eigenvalue weighted by atomic mass is 10.1. The molecule has 0 saturated heterocycles. The first kappa shape index (κ1) is 22.5. The average Bonchev–Trinajstić information content (AvgIpc) is 3.00. The van der Waals surface area contributed by atoms with Gasteiger partial charge in [-0.25, -0.2) is 0 Å². The van der Waals surface area contributed by atoms with Gasteiger partial charge in [0, 0.05) is 23.7 Å². The molecule has 0 unspecified atom stereocenters. The molecule has 0 aliphatic carbocycles. The van der Waals surface area contributed by atoms with Crippen molar-refractivity contribution >= 4 is 41.0 Å². The van der Waals surface area contributed by atoms with Crippen molar-refractivity contribution in [3.05, 3.63) is 64.2 Å². The van der Waals surface area contributed by atoms with E-state index in [2.05, 4.69) is 5.32 Å². The number of unbranched alkanes of at least 4 members (excludes halogenated alkanes) is 2. The molecule has 0 fully saturated rings. The number of nitrogens with zero attached hydrogens (tertiary/aromatic N) is 1. The Balaban J connectivity index is 1.32. The number of amides is 3. The number of anilines is 1. The van der Waals surface area contributed by atoms with E-state index in [1.54, 1.807) is 49.4 Å². The van der Waals surface area contributed by atoms with Crippen LogP contribution in [-0.4, -0.2) is 41.7 Å². The smallest absolute Gasteiger partial charge is 0.306 e. The van der Waals surface area contributed by atoms with Gasteiger partial charge in [-0.1, -0.05) is 36.2 Å². The number of ether oxygens (including phenoxy) is 1. The van der Waals surface area contributed by atoms with E-state index < -0.39 is 11.9 Å². The van der Waals surface area contributed by atoms with Crippen molar-refractivity contribution in [1.29, 1.82) is 0 Å². The fourth-order valence-corrected chi connectivity index (χ4v) is 3.48. The molecular formula is C23H23ClN2O5. The van der Waals surface area contributed by atoms with Gasteiger partial charge in [-0.05, 0) is 49.6 Å². The van der Waals surface area contributed by atoms with Crippen LogP contribution < -0.4 is 5.32 Å². The topological polar surface area (TPSA) is 92.8 Å². The number of hydrogen-bond donors (Lipinski definition) is 1. The van der Waals surface area contributed by atoms with Crippen molar-refractivity contribution in [1.82, 2.24) is 4.90 Å². The second kappa shape index (κ2) is 10.2. The Morgan fingerprint density at radius 3 is 2.32 bits per heavy atom. The van der Waals surface area contributed by atoms with Gasteiger partial charge < -0.3 is 10.1 Å². The molecule has 2 aromatic rings. The van der Waals surface area contributed by atoms with Gasteiger partial charge in [-0.3, -0.25) is 24.1 Å². The number of carbonyl (C=O) groups excluding carboxylic acids is 4. The number of benzene rings is 2. The molecule has 8 heteroatoms. The molecule has 31 heavy (non-hydrogen) atoms. The standard InChI is InChI=1S/C23H23ClN2O5/c1-15-18(24)10-7-11-19(15)25-20(27)14-31-21(28)12-3-2-6-13-26-22(29)16-8-4-5-9-17(16)23(26)30/h4-5,7-11H,2-3,6,12-14H2,1H3,(H,25,27). The summed E-state index contributed by atoms with van der Waals surface area (Å²) in [4.78, 5) is 49.6. The van der Waals surface area contributed by atoms with Gasteiger partial charge in [-0.2, -0.15) is 0 Å². The number of carbonyl (C=O) groups is 4. The van der Waals surface area contributed by atoms with E-state index in [4.69, 9.17) is 16.3 Å². The molecule has 0 aromatic heterocycles. The van der Waals surface area contributed by atoms with Crippen LogP contribution in [0.1, 0.15) is 52.0 Å². The summed E-state index contributed by atoms with van der Waals surface area (Å²) in [5.74, 6) is -1.47. The fraction of sp³-hybridized carbons (Fsp3) is 0.304. The first-order valence-corrected chi connectivity index (χ1v) is 10.4. The van der Waals surface area contributed by atoms with Gasteiger partial charge in [0.25, 0.3) is 17.7 Å². The Morgan fingerprint density at radius 2 is 1.65 bits per heavy atom. The first-order chi connectivity index (χ1) is 14.9. The van der Waals surface area contributed by atoms with E-state index in [1.165, 1.54) is 4.90 Å². The average molecular weight is 443 g/mol. The number of nitrogens with one attached hydrogen (secondary N) is 1. The zero-order chi connectivity index (χ0) is 22.4. The maximum absolute atomic E-state index is 12.3. The van der Waals surface area contributed by atoms with Crippen LogP contribution in [-0.2, 0) is 14.3 Å². The third-order valence-electron chi connectivity index (χ3n) is 5.05. The summed E-state index contributed by atoms with van der Waals surface area (Å²) in [5, 5.41) is 3.20. The van der Waals surface area contributed by atoms with Gasteiger partial charge in [0.15, 0.2) is 6.61 Å². The number of hydrogen-bond acceptors (Lipinski definition) is 5. The molecule has 3 amide bonds. The quantitative estimate of drug-likeness (QED) is 0.360. The summed E-state index contributed by atoms with van der Waals surface area (Å²) >= 11 is 6.01. The van der Waals surface area contributed by atoms with Crippen molar-refractivity contribution in [3.8, 4) is 0 Å². The Morgan fingerprint density at radius 1 is 0.968 bits per heavy atom. The third-order valence-corrected chi connectivity index (χ3v) is 5.46. The Kier molecular flexibility index (Phi) is 7.41. The van der Waals surface area contributed by atoms with Crippen molar-refractivity contribution < 1.29 is 23.9 Å². The molecule has 0 spiro atoms. The summed E-state index contributed by atoms with van der Waals surface area (Å²) in [5.41, 5.74) is 2.17. The molecule has 0 bridgehead atoms. The highest BCUT2D eigenvalue weighted by Gasteiger charge is 2.34. The molecule has 3 rings (SSSR count). The van der Waals surface area contributed by atoms with Crippen LogP contribution in [0.5, 0.6) is 0 Å². The van der Waals surface area contributed by atoms with Crippen LogP contribution >= 0.6 is 11.6 Å². The highest BCUT2D eigenvalue weighted by atomic mass is 35.5. The molecule has 1 N–H and O–H groups in total. The highest BCUT2D eigenvalue weighted by Crippen LogP contribution is 2.23. The van der Waals surface area contributed by atoms with Gasteiger partial charge >= 0.3 is 5.97 Å². The minimum Gasteiger partial charge on any atom is -0.456 e. The van der Waals surface area contributed by atoms with Crippen molar-refractivity contribution in [2.75, 3.05) is 18.5 Å². The second-order valence-electron chi connectivity index (χ2n) is 7.24. The predicted octanol–water partition coefficient (Wildman–Crippen LogP) is 3.99. The van der Waals surface area contributed by atoms with Crippen molar-refractivity contribution in [3.63, 3.8) is 0 Å². The molecular weight excluding hydrogens is 420 g/mol. The van der Waals surface area contributed by atoms with Crippen molar-refractivity contribution in [2.45, 2.75) is 32.6 Å². The van der Waals surface area contributed by atoms with Gasteiger partial charge in [0.2, 0.25) is 0 Å². The van der Waals surface area contributed by atoms with E-state index in [1.807, 2.05) is 0 Å². The second-order valence-corrected chi connectivity index (χ2v) is 7.65. The first-order valence-electron chi connectivity index (χ1n) is 10.0. The minimum absolute atomic E-state index is 0.158. The highest BCUT2D eigenvalue weighted by molar-refractivity contribution is 6.31. The van der Waals surface area contributed by atoms with E-state index in [-0.39, 0.29) is 24.8 Å². The molecule has 1 aliphatic rings. The molecule has 2 aromatic carbocycles. The number of esters is 1. The molecule has 0 radical (unpaired) electrons. The SMILES string of the molecule is Cc1c(Cl)cccc1NC(=O)COC(=O)CCCCCN1C(=O)c2ccccc2C1=O. The van der Waals surface area contributed by atoms with Crippen LogP contribution in [0.25, 0.3) is 0 Å². The maximum Gasteiger partial charge on any atom is 0.306 e.